The van der Waals surface area contributed by atoms with Crippen LogP contribution < -0.4 is 0 Å². The summed E-state index contributed by atoms with van der Waals surface area (Å²) in [7, 11) is 2.14. The molecule has 0 spiro atoms. The minimum atomic E-state index is 0.105. The minimum Gasteiger partial charge on any atom is -0.339 e. The molecule has 0 aromatic heterocycles. The Hall–Kier alpha value is -2.64. The molecular formula is C22H25N3O. The Morgan fingerprint density at radius 3 is 2.27 bits per heavy atom. The summed E-state index contributed by atoms with van der Waals surface area (Å²) in [5, 5.41) is 8.89. The third-order valence-corrected chi connectivity index (χ3v) is 5.12. The number of hydrogen-bond donors (Lipinski definition) is 0. The van der Waals surface area contributed by atoms with E-state index in [-0.39, 0.29) is 5.91 Å². The van der Waals surface area contributed by atoms with Crippen molar-refractivity contribution in [2.45, 2.75) is 13.3 Å². The number of carbonyl (C=O) groups excluding carboxylic acids is 1. The van der Waals surface area contributed by atoms with Crippen LogP contribution in [0.3, 0.4) is 0 Å². The van der Waals surface area contributed by atoms with Crippen molar-refractivity contribution in [1.82, 2.24) is 9.80 Å². The summed E-state index contributed by atoms with van der Waals surface area (Å²) in [6, 6.07) is 17.4. The first-order valence-electron chi connectivity index (χ1n) is 9.19. The zero-order chi connectivity index (χ0) is 18.5. The van der Waals surface area contributed by atoms with Crippen LogP contribution in [0, 0.1) is 17.2 Å². The quantitative estimate of drug-likeness (QED) is 0.830. The normalized spacial score (nSPS) is 17.0. The molecule has 4 nitrogen and oxygen atoms in total. The molecule has 1 fully saturated rings. The lowest BCUT2D eigenvalue weighted by atomic mass is 10.0. The average Bonchev–Trinajstić information content (AvgIpc) is 3.10. The molecule has 2 aromatic rings. The zero-order valence-corrected chi connectivity index (χ0v) is 15.5. The van der Waals surface area contributed by atoms with Crippen molar-refractivity contribution in [2.75, 3.05) is 33.2 Å². The molecule has 0 bridgehead atoms. The van der Waals surface area contributed by atoms with E-state index in [0.29, 0.717) is 11.5 Å². The number of nitrogens with zero attached hydrogens (tertiary/aromatic N) is 3. The summed E-state index contributed by atoms with van der Waals surface area (Å²) in [4.78, 5) is 17.1. The highest BCUT2D eigenvalue weighted by atomic mass is 16.2. The van der Waals surface area contributed by atoms with Crippen LogP contribution >= 0.6 is 0 Å². The van der Waals surface area contributed by atoms with Gasteiger partial charge in [0.25, 0.3) is 5.91 Å². The number of likely N-dealkylation sites (tertiary alicyclic amines) is 1. The fourth-order valence-electron chi connectivity index (χ4n) is 3.57. The monoisotopic (exact) mass is 347 g/mol. The van der Waals surface area contributed by atoms with E-state index in [0.717, 1.165) is 49.3 Å². The van der Waals surface area contributed by atoms with Crippen molar-refractivity contribution in [1.29, 1.82) is 5.26 Å². The summed E-state index contributed by atoms with van der Waals surface area (Å²) in [5.41, 5.74) is 3.48. The maximum absolute atomic E-state index is 12.9. The molecule has 3 rings (SSSR count). The second kappa shape index (κ2) is 8.16. The van der Waals surface area contributed by atoms with Gasteiger partial charge in [-0.05, 0) is 68.2 Å². The van der Waals surface area contributed by atoms with Gasteiger partial charge in [-0.1, -0.05) is 24.3 Å². The van der Waals surface area contributed by atoms with Crippen molar-refractivity contribution in [3.05, 3.63) is 59.7 Å². The fourth-order valence-corrected chi connectivity index (χ4v) is 3.57. The minimum absolute atomic E-state index is 0.105. The van der Waals surface area contributed by atoms with Crippen LogP contribution in [0.2, 0.25) is 0 Å². The van der Waals surface area contributed by atoms with Gasteiger partial charge in [0.05, 0.1) is 11.6 Å². The van der Waals surface area contributed by atoms with Crippen molar-refractivity contribution in [3.8, 4) is 17.2 Å². The maximum Gasteiger partial charge on any atom is 0.253 e. The van der Waals surface area contributed by atoms with Gasteiger partial charge < -0.3 is 9.80 Å². The van der Waals surface area contributed by atoms with E-state index < -0.39 is 0 Å². The van der Waals surface area contributed by atoms with Crippen molar-refractivity contribution >= 4 is 5.91 Å². The van der Waals surface area contributed by atoms with E-state index >= 15 is 0 Å². The first-order chi connectivity index (χ1) is 12.6. The molecule has 1 atom stereocenters. The van der Waals surface area contributed by atoms with Crippen LogP contribution in [0.25, 0.3) is 11.1 Å². The van der Waals surface area contributed by atoms with Gasteiger partial charge in [0, 0.05) is 25.2 Å². The molecular weight excluding hydrogens is 322 g/mol. The Labute approximate surface area is 155 Å². The summed E-state index contributed by atoms with van der Waals surface area (Å²) in [6.07, 6.45) is 1.16. The summed E-state index contributed by atoms with van der Waals surface area (Å²) < 4.78 is 0. The molecule has 0 N–H and O–H groups in total. The van der Waals surface area contributed by atoms with Crippen LogP contribution in [0.5, 0.6) is 0 Å². The number of carbonyl (C=O) groups is 1. The molecule has 1 amide bonds. The van der Waals surface area contributed by atoms with Gasteiger partial charge >= 0.3 is 0 Å². The Kier molecular flexibility index (Phi) is 5.70. The standard InChI is InChI=1S/C22H25N3O/c1-3-25(16-18-12-13-24(2)15-18)22(26)21-10-8-20(9-11-21)19-6-4-17(14-23)5-7-19/h4-11,18H,3,12-13,15-16H2,1-2H3. The lowest BCUT2D eigenvalue weighted by molar-refractivity contribution is 0.0740. The van der Waals surface area contributed by atoms with Crippen LogP contribution in [0.15, 0.2) is 48.5 Å². The molecule has 1 heterocycles. The lowest BCUT2D eigenvalue weighted by Crippen LogP contribution is -2.36. The molecule has 1 aliphatic rings. The molecule has 26 heavy (non-hydrogen) atoms. The second-order valence-electron chi connectivity index (χ2n) is 7.03. The number of rotatable bonds is 5. The molecule has 2 aromatic carbocycles. The SMILES string of the molecule is CCN(CC1CCN(C)C1)C(=O)c1ccc(-c2ccc(C#N)cc2)cc1. The molecule has 0 saturated carbocycles. The van der Waals surface area contributed by atoms with Gasteiger partial charge in [0.1, 0.15) is 0 Å². The van der Waals surface area contributed by atoms with Crippen LogP contribution in [0.4, 0.5) is 0 Å². The predicted molar refractivity (Wildman–Crippen MR) is 104 cm³/mol. The van der Waals surface area contributed by atoms with E-state index in [1.54, 1.807) is 0 Å². The summed E-state index contributed by atoms with van der Waals surface area (Å²) in [6.45, 7) is 5.80. The van der Waals surface area contributed by atoms with E-state index in [1.165, 1.54) is 0 Å². The first-order valence-corrected chi connectivity index (χ1v) is 9.19. The van der Waals surface area contributed by atoms with Crippen LogP contribution in [-0.4, -0.2) is 48.9 Å². The smallest absolute Gasteiger partial charge is 0.253 e. The number of nitriles is 1. The highest BCUT2D eigenvalue weighted by Crippen LogP contribution is 2.22. The topological polar surface area (TPSA) is 47.3 Å². The summed E-state index contributed by atoms with van der Waals surface area (Å²) >= 11 is 0. The number of amides is 1. The highest BCUT2D eigenvalue weighted by molar-refractivity contribution is 5.94. The third-order valence-electron chi connectivity index (χ3n) is 5.12. The van der Waals surface area contributed by atoms with E-state index in [4.69, 9.17) is 5.26 Å². The van der Waals surface area contributed by atoms with Crippen molar-refractivity contribution in [3.63, 3.8) is 0 Å². The fraction of sp³-hybridized carbons (Fsp3) is 0.364. The molecule has 1 aliphatic heterocycles. The van der Waals surface area contributed by atoms with Gasteiger partial charge in [0.2, 0.25) is 0 Å². The van der Waals surface area contributed by atoms with Gasteiger partial charge in [0.15, 0.2) is 0 Å². The van der Waals surface area contributed by atoms with Gasteiger partial charge in [-0.15, -0.1) is 0 Å². The van der Waals surface area contributed by atoms with E-state index in [9.17, 15) is 4.79 Å². The van der Waals surface area contributed by atoms with Crippen molar-refractivity contribution in [2.24, 2.45) is 5.92 Å². The Morgan fingerprint density at radius 1 is 1.15 bits per heavy atom. The predicted octanol–water partition coefficient (Wildman–Crippen LogP) is 3.64. The van der Waals surface area contributed by atoms with E-state index in [2.05, 4.69) is 18.0 Å². The number of benzene rings is 2. The molecule has 0 aliphatic carbocycles. The Bertz CT molecular complexity index is 790. The maximum atomic E-state index is 12.9. The zero-order valence-electron chi connectivity index (χ0n) is 15.5. The lowest BCUT2D eigenvalue weighted by Gasteiger charge is -2.24. The average molecular weight is 347 g/mol. The molecule has 1 saturated heterocycles. The van der Waals surface area contributed by atoms with Crippen molar-refractivity contribution < 1.29 is 4.79 Å². The van der Waals surface area contributed by atoms with Crippen LogP contribution in [-0.2, 0) is 0 Å². The van der Waals surface area contributed by atoms with Gasteiger partial charge in [-0.25, -0.2) is 0 Å². The largest absolute Gasteiger partial charge is 0.339 e. The first kappa shape index (κ1) is 18.2. The Morgan fingerprint density at radius 2 is 1.77 bits per heavy atom. The van der Waals surface area contributed by atoms with Crippen LogP contribution in [0.1, 0.15) is 29.3 Å². The Balaban J connectivity index is 1.69. The number of hydrogen-bond acceptors (Lipinski definition) is 3. The third kappa shape index (κ3) is 4.12. The molecule has 1 unspecified atom stereocenters. The molecule has 134 valence electrons. The van der Waals surface area contributed by atoms with Gasteiger partial charge in [-0.3, -0.25) is 4.79 Å². The second-order valence-corrected chi connectivity index (χ2v) is 7.03. The molecule has 0 radical (unpaired) electrons. The summed E-state index contributed by atoms with van der Waals surface area (Å²) in [5.74, 6) is 0.676. The highest BCUT2D eigenvalue weighted by Gasteiger charge is 2.24. The van der Waals surface area contributed by atoms with Gasteiger partial charge in [-0.2, -0.15) is 5.26 Å². The van der Waals surface area contributed by atoms with E-state index in [1.807, 2.05) is 60.4 Å². The molecule has 4 heteroatoms.